The molecule has 0 atom stereocenters. The topological polar surface area (TPSA) is 49.0 Å². The molecule has 0 radical (unpaired) electrons. The third-order valence-electron chi connectivity index (χ3n) is 6.00. The van der Waals surface area contributed by atoms with E-state index in [4.69, 9.17) is 0 Å². The van der Waals surface area contributed by atoms with Gasteiger partial charge in [-0.2, -0.15) is 13.2 Å². The zero-order valence-corrected chi connectivity index (χ0v) is 16.9. The van der Waals surface area contributed by atoms with Crippen LogP contribution >= 0.6 is 0 Å². The number of aromatic amines is 1. The van der Waals surface area contributed by atoms with Gasteiger partial charge in [-0.05, 0) is 68.3 Å². The van der Waals surface area contributed by atoms with Crippen molar-refractivity contribution in [2.24, 2.45) is 0 Å². The number of alkyl halides is 3. The van der Waals surface area contributed by atoms with Gasteiger partial charge >= 0.3 is 6.18 Å². The molecule has 0 amide bonds. The number of H-pyrrole nitrogens is 1. The molecule has 1 aliphatic carbocycles. The molecular formula is C23H26F3N3O. The van der Waals surface area contributed by atoms with E-state index < -0.39 is 11.7 Å². The van der Waals surface area contributed by atoms with Gasteiger partial charge in [0, 0.05) is 25.1 Å². The second kappa shape index (κ2) is 8.76. The lowest BCUT2D eigenvalue weighted by Crippen LogP contribution is -2.30. The molecule has 30 heavy (non-hydrogen) atoms. The Kier molecular flexibility index (Phi) is 6.09. The van der Waals surface area contributed by atoms with Crippen molar-refractivity contribution in [3.05, 3.63) is 68.9 Å². The third-order valence-corrected chi connectivity index (χ3v) is 6.00. The molecule has 2 aromatic rings. The summed E-state index contributed by atoms with van der Waals surface area (Å²) in [6, 6.07) is 5.41. The van der Waals surface area contributed by atoms with Gasteiger partial charge in [0.2, 0.25) is 0 Å². The van der Waals surface area contributed by atoms with E-state index in [9.17, 15) is 18.0 Å². The van der Waals surface area contributed by atoms with Crippen molar-refractivity contribution < 1.29 is 13.2 Å². The zero-order chi connectivity index (χ0) is 21.1. The van der Waals surface area contributed by atoms with Gasteiger partial charge < -0.3 is 4.98 Å². The number of nitrogens with zero attached hydrogens (tertiary/aromatic N) is 2. The van der Waals surface area contributed by atoms with Gasteiger partial charge in [0.15, 0.2) is 0 Å². The summed E-state index contributed by atoms with van der Waals surface area (Å²) in [6.45, 7) is 2.56. The van der Waals surface area contributed by atoms with Crippen LogP contribution in [-0.2, 0) is 25.4 Å². The molecule has 0 fully saturated rings. The van der Waals surface area contributed by atoms with E-state index in [0.29, 0.717) is 0 Å². The number of nitrogens with one attached hydrogen (secondary N) is 1. The molecule has 1 aromatic carbocycles. The fourth-order valence-corrected chi connectivity index (χ4v) is 4.29. The SMILES string of the molecule is O=c1[nH]c(CCCN2CC=C(c3ccc(C(F)(F)F)cc3)CC2)nc2c1CCCC2. The summed E-state index contributed by atoms with van der Waals surface area (Å²) >= 11 is 0. The van der Waals surface area contributed by atoms with Gasteiger partial charge in [-0.3, -0.25) is 9.69 Å². The lowest BCUT2D eigenvalue weighted by Gasteiger charge is -2.26. The second-order valence-electron chi connectivity index (χ2n) is 8.10. The molecule has 0 unspecified atom stereocenters. The molecule has 1 N–H and O–H groups in total. The average Bonchev–Trinajstić information content (AvgIpc) is 2.74. The van der Waals surface area contributed by atoms with E-state index in [2.05, 4.69) is 20.9 Å². The summed E-state index contributed by atoms with van der Waals surface area (Å²) in [6.07, 6.45) is 4.17. The van der Waals surface area contributed by atoms with E-state index in [1.54, 1.807) is 12.1 Å². The molecule has 4 rings (SSSR count). The number of benzene rings is 1. The maximum atomic E-state index is 12.7. The Morgan fingerprint density at radius 1 is 1.07 bits per heavy atom. The van der Waals surface area contributed by atoms with Crippen LogP contribution in [0.4, 0.5) is 13.2 Å². The Bertz CT molecular complexity index is 977. The van der Waals surface area contributed by atoms with Crippen molar-refractivity contribution >= 4 is 5.57 Å². The smallest absolute Gasteiger partial charge is 0.310 e. The minimum absolute atomic E-state index is 0.0248. The van der Waals surface area contributed by atoms with Crippen molar-refractivity contribution in [2.75, 3.05) is 19.6 Å². The number of fused-ring (bicyclic) bond motifs is 1. The summed E-state index contributed by atoms with van der Waals surface area (Å²) in [5.74, 6) is 0.777. The monoisotopic (exact) mass is 417 g/mol. The molecular weight excluding hydrogens is 391 g/mol. The highest BCUT2D eigenvalue weighted by molar-refractivity contribution is 5.66. The van der Waals surface area contributed by atoms with Crippen LogP contribution in [0.15, 0.2) is 35.1 Å². The predicted octanol–water partition coefficient (Wildman–Crippen LogP) is 4.39. The van der Waals surface area contributed by atoms with Gasteiger partial charge in [-0.25, -0.2) is 4.98 Å². The largest absolute Gasteiger partial charge is 0.416 e. The molecule has 160 valence electrons. The molecule has 2 aliphatic rings. The Hall–Kier alpha value is -2.41. The van der Waals surface area contributed by atoms with Crippen molar-refractivity contribution in [3.63, 3.8) is 0 Å². The van der Waals surface area contributed by atoms with Gasteiger partial charge in [0.05, 0.1) is 11.3 Å². The molecule has 1 aromatic heterocycles. The lowest BCUT2D eigenvalue weighted by atomic mass is 9.97. The first-order valence-electron chi connectivity index (χ1n) is 10.6. The van der Waals surface area contributed by atoms with E-state index in [0.717, 1.165) is 105 Å². The lowest BCUT2D eigenvalue weighted by molar-refractivity contribution is -0.137. The van der Waals surface area contributed by atoms with Crippen molar-refractivity contribution in [1.29, 1.82) is 0 Å². The number of aryl methyl sites for hydroxylation is 2. The average molecular weight is 417 g/mol. The number of hydrogen-bond donors (Lipinski definition) is 1. The molecule has 2 heterocycles. The summed E-state index contributed by atoms with van der Waals surface area (Å²) in [4.78, 5) is 22.2. The zero-order valence-electron chi connectivity index (χ0n) is 16.9. The Morgan fingerprint density at radius 3 is 2.53 bits per heavy atom. The van der Waals surface area contributed by atoms with Crippen molar-refractivity contribution in [1.82, 2.24) is 14.9 Å². The fraction of sp³-hybridized carbons (Fsp3) is 0.478. The second-order valence-corrected chi connectivity index (χ2v) is 8.10. The van der Waals surface area contributed by atoms with Crippen LogP contribution < -0.4 is 5.56 Å². The van der Waals surface area contributed by atoms with Crippen molar-refractivity contribution in [3.8, 4) is 0 Å². The van der Waals surface area contributed by atoms with E-state index in [1.807, 2.05) is 0 Å². The first-order valence-corrected chi connectivity index (χ1v) is 10.6. The highest BCUT2D eigenvalue weighted by Crippen LogP contribution is 2.31. The van der Waals surface area contributed by atoms with E-state index in [-0.39, 0.29) is 5.56 Å². The van der Waals surface area contributed by atoms with Crippen LogP contribution in [0.5, 0.6) is 0 Å². The van der Waals surface area contributed by atoms with Crippen LogP contribution in [-0.4, -0.2) is 34.5 Å². The first-order chi connectivity index (χ1) is 14.4. The summed E-state index contributed by atoms with van der Waals surface area (Å²) in [5.41, 5.74) is 3.21. The normalized spacial score (nSPS) is 17.5. The molecule has 7 heteroatoms. The van der Waals surface area contributed by atoms with Gasteiger partial charge in [0.25, 0.3) is 5.56 Å². The molecule has 0 bridgehead atoms. The Labute approximate surface area is 173 Å². The molecule has 0 spiro atoms. The fourth-order valence-electron chi connectivity index (χ4n) is 4.29. The maximum Gasteiger partial charge on any atom is 0.416 e. The van der Waals surface area contributed by atoms with Crippen LogP contribution in [0, 0.1) is 0 Å². The molecule has 4 nitrogen and oxygen atoms in total. The van der Waals surface area contributed by atoms with Crippen LogP contribution in [0.3, 0.4) is 0 Å². The summed E-state index contributed by atoms with van der Waals surface area (Å²) in [7, 11) is 0. The molecule has 0 saturated heterocycles. The van der Waals surface area contributed by atoms with E-state index >= 15 is 0 Å². The van der Waals surface area contributed by atoms with Gasteiger partial charge in [-0.15, -0.1) is 0 Å². The summed E-state index contributed by atoms with van der Waals surface area (Å²) < 4.78 is 38.1. The van der Waals surface area contributed by atoms with Crippen LogP contribution in [0.25, 0.3) is 5.57 Å². The third kappa shape index (κ3) is 4.83. The highest BCUT2D eigenvalue weighted by atomic mass is 19.4. The highest BCUT2D eigenvalue weighted by Gasteiger charge is 2.30. The van der Waals surface area contributed by atoms with Gasteiger partial charge in [-0.1, -0.05) is 18.2 Å². The number of aromatic nitrogens is 2. The van der Waals surface area contributed by atoms with Gasteiger partial charge in [0.1, 0.15) is 5.82 Å². The Morgan fingerprint density at radius 2 is 1.83 bits per heavy atom. The minimum Gasteiger partial charge on any atom is -0.310 e. The Balaban J connectivity index is 1.29. The quantitative estimate of drug-likeness (QED) is 0.785. The minimum atomic E-state index is -4.30. The predicted molar refractivity (Wildman–Crippen MR) is 110 cm³/mol. The summed E-state index contributed by atoms with van der Waals surface area (Å²) in [5, 5.41) is 0. The van der Waals surface area contributed by atoms with Crippen LogP contribution in [0.1, 0.15) is 53.9 Å². The van der Waals surface area contributed by atoms with Crippen molar-refractivity contribution in [2.45, 2.75) is 51.1 Å². The number of rotatable bonds is 5. The first kappa shape index (κ1) is 20.8. The number of halogens is 3. The molecule has 1 aliphatic heterocycles. The molecule has 0 saturated carbocycles. The maximum absolute atomic E-state index is 12.7. The van der Waals surface area contributed by atoms with Crippen LogP contribution in [0.2, 0.25) is 0 Å². The van der Waals surface area contributed by atoms with E-state index in [1.165, 1.54) is 0 Å². The number of hydrogen-bond acceptors (Lipinski definition) is 3. The standard InChI is InChI=1S/C23H26F3N3O/c24-23(25,26)18-9-7-16(8-10-18)17-11-14-29(15-12-17)13-3-6-21-27-20-5-2-1-4-19(20)22(30)28-21/h7-11H,1-6,12-15H2,(H,27,28,30).